The summed E-state index contributed by atoms with van der Waals surface area (Å²) in [4.78, 5) is 0. The van der Waals surface area contributed by atoms with Gasteiger partial charge in [-0.2, -0.15) is 0 Å². The number of sulfonamides is 1. The average molecular weight is 302 g/mol. The standard InChI is InChI=1S/C14H23FN2O2S/c1-3-8-16-9-5-10-20(18,19)17-12(2)13-6-4-7-14(15)11-13/h4,6-7,11-12,16-17H,3,5,8-10H2,1-2H3. The molecule has 0 aliphatic heterocycles. The van der Waals surface area contributed by atoms with Crippen molar-refractivity contribution < 1.29 is 12.8 Å². The van der Waals surface area contributed by atoms with Crippen LogP contribution >= 0.6 is 0 Å². The molecule has 20 heavy (non-hydrogen) atoms. The first kappa shape index (κ1) is 17.1. The Bertz CT molecular complexity index is 506. The monoisotopic (exact) mass is 302 g/mol. The molecule has 0 aliphatic carbocycles. The van der Waals surface area contributed by atoms with Crippen molar-refractivity contribution in [1.29, 1.82) is 0 Å². The predicted octanol–water partition coefficient (Wildman–Crippen LogP) is 2.20. The summed E-state index contributed by atoms with van der Waals surface area (Å²) >= 11 is 0. The van der Waals surface area contributed by atoms with Gasteiger partial charge in [-0.25, -0.2) is 17.5 Å². The Kier molecular flexibility index (Phi) is 7.12. The summed E-state index contributed by atoms with van der Waals surface area (Å²) in [7, 11) is -3.34. The highest BCUT2D eigenvalue weighted by atomic mass is 32.2. The summed E-state index contributed by atoms with van der Waals surface area (Å²) in [5, 5.41) is 3.16. The summed E-state index contributed by atoms with van der Waals surface area (Å²) in [5.41, 5.74) is 0.623. The molecule has 0 saturated carbocycles. The smallest absolute Gasteiger partial charge is 0.212 e. The molecule has 1 unspecified atom stereocenters. The summed E-state index contributed by atoms with van der Waals surface area (Å²) in [6, 6.07) is 5.53. The average Bonchev–Trinajstić information content (AvgIpc) is 2.38. The first-order chi connectivity index (χ1) is 9.44. The molecule has 0 bridgehead atoms. The molecule has 0 fully saturated rings. The van der Waals surface area contributed by atoms with Crippen LogP contribution in [0.3, 0.4) is 0 Å². The van der Waals surface area contributed by atoms with Crippen molar-refractivity contribution in [3.8, 4) is 0 Å². The van der Waals surface area contributed by atoms with Gasteiger partial charge in [0.1, 0.15) is 5.82 Å². The molecule has 0 aliphatic rings. The number of hydrogen-bond acceptors (Lipinski definition) is 3. The highest BCUT2D eigenvalue weighted by molar-refractivity contribution is 7.89. The Morgan fingerprint density at radius 1 is 1.30 bits per heavy atom. The molecule has 1 aromatic rings. The molecule has 0 heterocycles. The number of nitrogens with one attached hydrogen (secondary N) is 2. The molecule has 6 heteroatoms. The quantitative estimate of drug-likeness (QED) is 0.688. The lowest BCUT2D eigenvalue weighted by atomic mass is 10.1. The minimum Gasteiger partial charge on any atom is -0.317 e. The van der Waals surface area contributed by atoms with Crippen molar-refractivity contribution >= 4 is 10.0 Å². The molecule has 0 saturated heterocycles. The van der Waals surface area contributed by atoms with Crippen LogP contribution in [0, 0.1) is 5.82 Å². The number of halogens is 1. The minimum atomic E-state index is -3.34. The second-order valence-corrected chi connectivity index (χ2v) is 6.69. The van der Waals surface area contributed by atoms with Crippen molar-refractivity contribution in [1.82, 2.24) is 10.0 Å². The van der Waals surface area contributed by atoms with Crippen LogP contribution in [0.15, 0.2) is 24.3 Å². The van der Waals surface area contributed by atoms with E-state index in [9.17, 15) is 12.8 Å². The van der Waals surface area contributed by atoms with Crippen molar-refractivity contribution in [3.63, 3.8) is 0 Å². The zero-order chi connectivity index (χ0) is 15.0. The minimum absolute atomic E-state index is 0.0728. The Labute approximate surface area is 120 Å². The van der Waals surface area contributed by atoms with Gasteiger partial charge in [-0.1, -0.05) is 19.1 Å². The fourth-order valence-corrected chi connectivity index (χ4v) is 3.18. The number of rotatable bonds is 9. The normalized spacial score (nSPS) is 13.3. The van der Waals surface area contributed by atoms with Crippen LogP contribution in [-0.2, 0) is 10.0 Å². The van der Waals surface area contributed by atoms with E-state index in [0.29, 0.717) is 18.5 Å². The van der Waals surface area contributed by atoms with Gasteiger partial charge in [-0.15, -0.1) is 0 Å². The molecule has 0 aromatic heterocycles. The fraction of sp³-hybridized carbons (Fsp3) is 0.571. The Morgan fingerprint density at radius 2 is 2.05 bits per heavy atom. The van der Waals surface area contributed by atoms with Gasteiger partial charge in [-0.3, -0.25) is 0 Å². The largest absolute Gasteiger partial charge is 0.317 e. The summed E-state index contributed by atoms with van der Waals surface area (Å²) in [6.45, 7) is 5.35. The molecule has 1 atom stereocenters. The molecule has 4 nitrogen and oxygen atoms in total. The maximum Gasteiger partial charge on any atom is 0.212 e. The molecule has 1 rings (SSSR count). The van der Waals surface area contributed by atoms with E-state index in [2.05, 4.69) is 17.0 Å². The van der Waals surface area contributed by atoms with E-state index in [4.69, 9.17) is 0 Å². The van der Waals surface area contributed by atoms with Gasteiger partial charge in [0.15, 0.2) is 0 Å². The first-order valence-electron chi connectivity index (χ1n) is 6.91. The summed E-state index contributed by atoms with van der Waals surface area (Å²) in [5.74, 6) is -0.291. The van der Waals surface area contributed by atoms with E-state index in [0.717, 1.165) is 13.0 Å². The third kappa shape index (κ3) is 6.45. The van der Waals surface area contributed by atoms with Crippen LogP contribution in [0.4, 0.5) is 4.39 Å². The van der Waals surface area contributed by atoms with Crippen LogP contribution in [0.5, 0.6) is 0 Å². The summed E-state index contributed by atoms with van der Waals surface area (Å²) in [6.07, 6.45) is 1.59. The molecular weight excluding hydrogens is 279 g/mol. The van der Waals surface area contributed by atoms with E-state index >= 15 is 0 Å². The molecule has 1 aromatic carbocycles. The molecule has 114 valence electrons. The van der Waals surface area contributed by atoms with E-state index in [1.165, 1.54) is 12.1 Å². The van der Waals surface area contributed by atoms with E-state index in [1.54, 1.807) is 19.1 Å². The number of hydrogen-bond donors (Lipinski definition) is 2. The zero-order valence-corrected chi connectivity index (χ0v) is 12.8. The van der Waals surface area contributed by atoms with Crippen LogP contribution in [0.25, 0.3) is 0 Å². The Balaban J connectivity index is 2.45. The molecule has 0 spiro atoms. The molecular formula is C14H23FN2O2S. The van der Waals surface area contributed by atoms with Gasteiger partial charge in [0.05, 0.1) is 5.75 Å². The van der Waals surface area contributed by atoms with Crippen LogP contribution in [0.1, 0.15) is 38.3 Å². The van der Waals surface area contributed by atoms with Gasteiger partial charge >= 0.3 is 0 Å². The Morgan fingerprint density at radius 3 is 2.70 bits per heavy atom. The SMILES string of the molecule is CCCNCCCS(=O)(=O)NC(C)c1cccc(F)c1. The number of benzene rings is 1. The highest BCUT2D eigenvalue weighted by Gasteiger charge is 2.15. The maximum absolute atomic E-state index is 13.1. The van der Waals surface area contributed by atoms with Gasteiger partial charge in [0, 0.05) is 6.04 Å². The van der Waals surface area contributed by atoms with Crippen LogP contribution in [0.2, 0.25) is 0 Å². The first-order valence-corrected chi connectivity index (χ1v) is 8.56. The maximum atomic E-state index is 13.1. The predicted molar refractivity (Wildman–Crippen MR) is 79.5 cm³/mol. The van der Waals surface area contributed by atoms with Gasteiger partial charge in [0.25, 0.3) is 0 Å². The molecule has 2 N–H and O–H groups in total. The lowest BCUT2D eigenvalue weighted by molar-refractivity contribution is 0.559. The van der Waals surface area contributed by atoms with E-state index < -0.39 is 16.1 Å². The zero-order valence-electron chi connectivity index (χ0n) is 12.0. The fourth-order valence-electron chi connectivity index (χ4n) is 1.86. The van der Waals surface area contributed by atoms with Crippen LogP contribution in [-0.4, -0.2) is 27.3 Å². The van der Waals surface area contributed by atoms with Crippen molar-refractivity contribution in [3.05, 3.63) is 35.6 Å². The lowest BCUT2D eigenvalue weighted by Gasteiger charge is -2.14. The van der Waals surface area contributed by atoms with Gasteiger partial charge in [-0.05, 0) is 50.6 Å². The third-order valence-corrected chi connectivity index (χ3v) is 4.44. The molecule has 0 radical (unpaired) electrons. The van der Waals surface area contributed by atoms with Crippen molar-refractivity contribution in [2.75, 3.05) is 18.8 Å². The molecule has 0 amide bonds. The third-order valence-electron chi connectivity index (χ3n) is 2.90. The van der Waals surface area contributed by atoms with Crippen molar-refractivity contribution in [2.24, 2.45) is 0 Å². The topological polar surface area (TPSA) is 58.2 Å². The van der Waals surface area contributed by atoms with E-state index in [-0.39, 0.29) is 11.6 Å². The van der Waals surface area contributed by atoms with E-state index in [1.807, 2.05) is 0 Å². The summed E-state index contributed by atoms with van der Waals surface area (Å²) < 4.78 is 39.5. The van der Waals surface area contributed by atoms with Crippen molar-refractivity contribution in [2.45, 2.75) is 32.7 Å². The van der Waals surface area contributed by atoms with Crippen LogP contribution < -0.4 is 10.0 Å². The lowest BCUT2D eigenvalue weighted by Crippen LogP contribution is -2.30. The Hall–Kier alpha value is -0.980. The highest BCUT2D eigenvalue weighted by Crippen LogP contribution is 2.14. The second kappa shape index (κ2) is 8.34. The second-order valence-electron chi connectivity index (χ2n) is 4.82. The van der Waals surface area contributed by atoms with Gasteiger partial charge in [0.2, 0.25) is 10.0 Å². The van der Waals surface area contributed by atoms with Gasteiger partial charge < -0.3 is 5.32 Å².